The standard InChI is InChI=1S/C16H25N3O2S/c1-3-21-15(20)16-6-4-7-17-14(16)5-8-19(11-16)9-13-10-22-12(2)18-13/h10,14,17H,3-9,11H2,1-2H3/t14-,16+/m1/s1. The number of carbonyl (C=O) groups excluding carboxylic acids is 1. The lowest BCUT2D eigenvalue weighted by molar-refractivity contribution is -0.164. The van der Waals surface area contributed by atoms with Gasteiger partial charge in [-0.2, -0.15) is 0 Å². The third kappa shape index (κ3) is 3.05. The second-order valence-corrected chi connectivity index (χ2v) is 7.41. The normalized spacial score (nSPS) is 29.1. The molecule has 0 radical (unpaired) electrons. The summed E-state index contributed by atoms with van der Waals surface area (Å²) in [6.45, 7) is 8.01. The Morgan fingerprint density at radius 2 is 2.50 bits per heavy atom. The number of nitrogens with one attached hydrogen (secondary N) is 1. The van der Waals surface area contributed by atoms with Gasteiger partial charge in [-0.25, -0.2) is 4.98 Å². The Bertz CT molecular complexity index is 533. The van der Waals surface area contributed by atoms with Crippen LogP contribution in [0.15, 0.2) is 5.38 Å². The molecular formula is C16H25N3O2S. The second-order valence-electron chi connectivity index (χ2n) is 6.34. The highest BCUT2D eigenvalue weighted by molar-refractivity contribution is 7.09. The van der Waals surface area contributed by atoms with Gasteiger partial charge in [0.15, 0.2) is 0 Å². The Morgan fingerprint density at radius 3 is 3.23 bits per heavy atom. The van der Waals surface area contributed by atoms with Crippen molar-refractivity contribution < 1.29 is 9.53 Å². The zero-order valence-corrected chi connectivity index (χ0v) is 14.2. The van der Waals surface area contributed by atoms with Crippen molar-refractivity contribution >= 4 is 17.3 Å². The van der Waals surface area contributed by atoms with E-state index in [1.54, 1.807) is 11.3 Å². The molecule has 0 aliphatic carbocycles. The number of likely N-dealkylation sites (tertiary alicyclic amines) is 1. The van der Waals surface area contributed by atoms with Crippen molar-refractivity contribution in [2.75, 3.05) is 26.2 Å². The molecule has 2 fully saturated rings. The van der Waals surface area contributed by atoms with Crippen molar-refractivity contribution in [1.29, 1.82) is 0 Å². The smallest absolute Gasteiger partial charge is 0.314 e. The SMILES string of the molecule is CCOC(=O)[C@]12CCCN[C@@H]1CCN(Cc1csc(C)n1)C2. The molecular weight excluding hydrogens is 298 g/mol. The van der Waals surface area contributed by atoms with Gasteiger partial charge < -0.3 is 10.1 Å². The third-order valence-corrected chi connectivity index (χ3v) is 5.65. The molecule has 3 rings (SSSR count). The van der Waals surface area contributed by atoms with Gasteiger partial charge in [-0.1, -0.05) is 0 Å². The topological polar surface area (TPSA) is 54.5 Å². The number of thiazole rings is 1. The monoisotopic (exact) mass is 323 g/mol. The molecule has 1 aromatic heterocycles. The lowest BCUT2D eigenvalue weighted by atomic mass is 9.70. The summed E-state index contributed by atoms with van der Waals surface area (Å²) >= 11 is 1.69. The van der Waals surface area contributed by atoms with E-state index in [1.807, 2.05) is 13.8 Å². The van der Waals surface area contributed by atoms with E-state index in [0.29, 0.717) is 6.61 Å². The molecule has 2 atom stereocenters. The van der Waals surface area contributed by atoms with Gasteiger partial charge in [0.1, 0.15) is 0 Å². The van der Waals surface area contributed by atoms with Gasteiger partial charge in [0.05, 0.1) is 22.7 Å². The molecule has 0 unspecified atom stereocenters. The van der Waals surface area contributed by atoms with E-state index in [1.165, 1.54) is 0 Å². The fourth-order valence-electron chi connectivity index (χ4n) is 3.84. The molecule has 2 aliphatic heterocycles. The maximum atomic E-state index is 12.7. The minimum Gasteiger partial charge on any atom is -0.465 e. The maximum Gasteiger partial charge on any atom is 0.314 e. The van der Waals surface area contributed by atoms with Crippen molar-refractivity contribution in [3.05, 3.63) is 16.1 Å². The van der Waals surface area contributed by atoms with Crippen molar-refractivity contribution in [2.45, 2.75) is 45.7 Å². The van der Waals surface area contributed by atoms with Crippen LogP contribution in [0.1, 0.15) is 36.9 Å². The Hall–Kier alpha value is -0.980. The fourth-order valence-corrected chi connectivity index (χ4v) is 4.44. The molecule has 0 bridgehead atoms. The first kappa shape index (κ1) is 15.9. The molecule has 122 valence electrons. The third-order valence-electron chi connectivity index (χ3n) is 4.83. The summed E-state index contributed by atoms with van der Waals surface area (Å²) in [4.78, 5) is 19.6. The fraction of sp³-hybridized carbons (Fsp3) is 0.750. The van der Waals surface area contributed by atoms with E-state index in [0.717, 1.165) is 56.1 Å². The zero-order chi connectivity index (χ0) is 15.6. The summed E-state index contributed by atoms with van der Waals surface area (Å²) in [5.41, 5.74) is 0.737. The molecule has 3 heterocycles. The van der Waals surface area contributed by atoms with E-state index >= 15 is 0 Å². The van der Waals surface area contributed by atoms with E-state index < -0.39 is 0 Å². The molecule has 0 saturated carbocycles. The highest BCUT2D eigenvalue weighted by Gasteiger charge is 2.51. The van der Waals surface area contributed by atoms with Crippen LogP contribution < -0.4 is 5.32 Å². The van der Waals surface area contributed by atoms with Gasteiger partial charge in [0.2, 0.25) is 0 Å². The molecule has 0 amide bonds. The van der Waals surface area contributed by atoms with Crippen molar-refractivity contribution in [1.82, 2.24) is 15.2 Å². The van der Waals surface area contributed by atoms with Crippen LogP contribution in [-0.4, -0.2) is 48.1 Å². The predicted molar refractivity (Wildman–Crippen MR) is 86.8 cm³/mol. The van der Waals surface area contributed by atoms with E-state index in [2.05, 4.69) is 20.6 Å². The maximum absolute atomic E-state index is 12.7. The first-order valence-corrected chi connectivity index (χ1v) is 9.06. The number of hydrogen-bond donors (Lipinski definition) is 1. The van der Waals surface area contributed by atoms with Crippen LogP contribution in [0.25, 0.3) is 0 Å². The Labute approximate surface area is 136 Å². The van der Waals surface area contributed by atoms with Crippen LogP contribution in [0, 0.1) is 12.3 Å². The van der Waals surface area contributed by atoms with E-state index in [4.69, 9.17) is 4.74 Å². The average molecular weight is 323 g/mol. The number of nitrogens with zero attached hydrogens (tertiary/aromatic N) is 2. The highest BCUT2D eigenvalue weighted by atomic mass is 32.1. The van der Waals surface area contributed by atoms with Crippen molar-refractivity contribution in [3.63, 3.8) is 0 Å². The van der Waals surface area contributed by atoms with Gasteiger partial charge in [0, 0.05) is 31.1 Å². The molecule has 0 aromatic carbocycles. The largest absolute Gasteiger partial charge is 0.465 e. The van der Waals surface area contributed by atoms with Gasteiger partial charge >= 0.3 is 5.97 Å². The Balaban J connectivity index is 1.75. The molecule has 2 saturated heterocycles. The predicted octanol–water partition coefficient (Wildman–Crippen LogP) is 1.96. The number of aryl methyl sites for hydroxylation is 1. The number of aromatic nitrogens is 1. The molecule has 0 spiro atoms. The number of esters is 1. The van der Waals surface area contributed by atoms with Gasteiger partial charge in [-0.05, 0) is 39.7 Å². The molecule has 6 heteroatoms. The Morgan fingerprint density at radius 1 is 1.64 bits per heavy atom. The second kappa shape index (κ2) is 6.64. The number of fused-ring (bicyclic) bond motifs is 1. The molecule has 1 N–H and O–H groups in total. The highest BCUT2D eigenvalue weighted by Crippen LogP contribution is 2.39. The summed E-state index contributed by atoms with van der Waals surface area (Å²) in [6.07, 6.45) is 2.97. The number of hydrogen-bond acceptors (Lipinski definition) is 6. The Kier molecular flexibility index (Phi) is 4.80. The first-order chi connectivity index (χ1) is 10.6. The van der Waals surface area contributed by atoms with Gasteiger partial charge in [-0.15, -0.1) is 11.3 Å². The lowest BCUT2D eigenvalue weighted by Crippen LogP contribution is -2.63. The summed E-state index contributed by atoms with van der Waals surface area (Å²) in [5, 5.41) is 6.77. The van der Waals surface area contributed by atoms with Crippen LogP contribution in [0.5, 0.6) is 0 Å². The summed E-state index contributed by atoms with van der Waals surface area (Å²) in [5.74, 6) is -0.0219. The molecule has 22 heavy (non-hydrogen) atoms. The minimum absolute atomic E-state index is 0.0219. The average Bonchev–Trinajstić information content (AvgIpc) is 2.92. The zero-order valence-electron chi connectivity index (χ0n) is 13.4. The van der Waals surface area contributed by atoms with E-state index in [-0.39, 0.29) is 17.4 Å². The van der Waals surface area contributed by atoms with Crippen LogP contribution in [-0.2, 0) is 16.1 Å². The summed E-state index contributed by atoms with van der Waals surface area (Å²) < 4.78 is 5.43. The van der Waals surface area contributed by atoms with Gasteiger partial charge in [-0.3, -0.25) is 9.69 Å². The van der Waals surface area contributed by atoms with Gasteiger partial charge in [0.25, 0.3) is 0 Å². The summed E-state index contributed by atoms with van der Waals surface area (Å²) in [7, 11) is 0. The molecule has 5 nitrogen and oxygen atoms in total. The number of ether oxygens (including phenoxy) is 1. The number of rotatable bonds is 4. The number of carbonyl (C=O) groups is 1. The lowest BCUT2D eigenvalue weighted by Gasteiger charge is -2.49. The van der Waals surface area contributed by atoms with Crippen molar-refractivity contribution in [2.24, 2.45) is 5.41 Å². The number of piperidine rings is 2. The van der Waals surface area contributed by atoms with Crippen LogP contribution in [0.2, 0.25) is 0 Å². The van der Waals surface area contributed by atoms with E-state index in [9.17, 15) is 4.79 Å². The minimum atomic E-state index is -0.377. The summed E-state index contributed by atoms with van der Waals surface area (Å²) in [6, 6.07) is 0.258. The van der Waals surface area contributed by atoms with Crippen LogP contribution in [0.4, 0.5) is 0 Å². The first-order valence-electron chi connectivity index (χ1n) is 8.18. The molecule has 1 aromatic rings. The van der Waals surface area contributed by atoms with Crippen molar-refractivity contribution in [3.8, 4) is 0 Å². The quantitative estimate of drug-likeness (QED) is 0.859. The van der Waals surface area contributed by atoms with Crippen LogP contribution >= 0.6 is 11.3 Å². The molecule has 2 aliphatic rings. The van der Waals surface area contributed by atoms with Crippen LogP contribution in [0.3, 0.4) is 0 Å².